The van der Waals surface area contributed by atoms with Gasteiger partial charge in [-0.15, -0.1) is 0 Å². The number of rotatable bonds is 4. The first-order valence-corrected chi connectivity index (χ1v) is 9.06. The van der Waals surface area contributed by atoms with Gasteiger partial charge in [0.15, 0.2) is 12.0 Å². The van der Waals surface area contributed by atoms with Crippen molar-refractivity contribution in [2.24, 2.45) is 0 Å². The van der Waals surface area contributed by atoms with Crippen LogP contribution in [0.5, 0.6) is 0 Å². The molecule has 6 nitrogen and oxygen atoms in total. The Bertz CT molecular complexity index is 1310. The number of halogens is 1. The molecular formula is C22H14ClNO5. The third-order valence-electron chi connectivity index (χ3n) is 4.26. The van der Waals surface area contributed by atoms with E-state index < -0.39 is 23.9 Å². The lowest BCUT2D eigenvalue weighted by atomic mass is 10.1. The van der Waals surface area contributed by atoms with Gasteiger partial charge in [-0.1, -0.05) is 41.9 Å². The van der Waals surface area contributed by atoms with Gasteiger partial charge in [0.2, 0.25) is 5.76 Å². The van der Waals surface area contributed by atoms with Crippen LogP contribution in [0.25, 0.3) is 21.7 Å². The third kappa shape index (κ3) is 4.12. The first-order chi connectivity index (χ1) is 14.0. The van der Waals surface area contributed by atoms with E-state index in [-0.39, 0.29) is 16.7 Å². The fraction of sp³-hybridized carbons (Fsp3) is 0.0455. The molecule has 0 aliphatic rings. The van der Waals surface area contributed by atoms with Crippen LogP contribution in [-0.2, 0) is 9.53 Å². The predicted molar refractivity (Wildman–Crippen MR) is 110 cm³/mol. The van der Waals surface area contributed by atoms with Crippen molar-refractivity contribution >= 4 is 50.9 Å². The molecule has 0 saturated carbocycles. The fourth-order valence-corrected chi connectivity index (χ4v) is 3.07. The van der Waals surface area contributed by atoms with E-state index >= 15 is 0 Å². The van der Waals surface area contributed by atoms with Crippen LogP contribution < -0.4 is 10.7 Å². The Morgan fingerprint density at radius 2 is 1.76 bits per heavy atom. The molecule has 0 fully saturated rings. The molecule has 1 aromatic heterocycles. The summed E-state index contributed by atoms with van der Waals surface area (Å²) >= 11 is 5.86. The summed E-state index contributed by atoms with van der Waals surface area (Å²) in [6.45, 7) is -0.520. The molecule has 29 heavy (non-hydrogen) atoms. The largest absolute Gasteiger partial charge is 0.450 e. The van der Waals surface area contributed by atoms with Gasteiger partial charge in [0.05, 0.1) is 5.39 Å². The summed E-state index contributed by atoms with van der Waals surface area (Å²) in [4.78, 5) is 36.4. The molecule has 4 rings (SSSR count). The summed E-state index contributed by atoms with van der Waals surface area (Å²) in [6, 6.07) is 18.7. The predicted octanol–water partition coefficient (Wildman–Crippen LogP) is 4.40. The Hall–Kier alpha value is -3.64. The molecule has 1 heterocycles. The Labute approximate surface area is 169 Å². The molecule has 0 radical (unpaired) electrons. The number of nitrogens with one attached hydrogen (secondary N) is 1. The lowest BCUT2D eigenvalue weighted by molar-refractivity contribution is -0.119. The minimum Gasteiger partial charge on any atom is -0.450 e. The number of esters is 1. The smallest absolute Gasteiger partial charge is 0.374 e. The highest BCUT2D eigenvalue weighted by molar-refractivity contribution is 6.31. The fourth-order valence-electron chi connectivity index (χ4n) is 2.90. The minimum atomic E-state index is -0.910. The maximum absolute atomic E-state index is 12.2. The molecule has 0 atom stereocenters. The van der Waals surface area contributed by atoms with E-state index in [2.05, 4.69) is 5.32 Å². The number of fused-ring (bicyclic) bond motifs is 2. The van der Waals surface area contributed by atoms with Crippen LogP contribution in [0.4, 0.5) is 5.69 Å². The molecule has 0 aliphatic heterocycles. The third-order valence-corrected chi connectivity index (χ3v) is 4.49. The first-order valence-electron chi connectivity index (χ1n) is 8.69. The van der Waals surface area contributed by atoms with Crippen molar-refractivity contribution in [1.29, 1.82) is 0 Å². The first kappa shape index (κ1) is 18.7. The maximum atomic E-state index is 12.2. The van der Waals surface area contributed by atoms with E-state index in [0.29, 0.717) is 10.7 Å². The molecule has 0 aliphatic carbocycles. The van der Waals surface area contributed by atoms with Gasteiger partial charge in [-0.3, -0.25) is 9.59 Å². The summed E-state index contributed by atoms with van der Waals surface area (Å²) in [7, 11) is 0. The van der Waals surface area contributed by atoms with Gasteiger partial charge in [0.1, 0.15) is 5.58 Å². The normalized spacial score (nSPS) is 10.8. The average molecular weight is 408 g/mol. The van der Waals surface area contributed by atoms with Crippen molar-refractivity contribution in [3.8, 4) is 0 Å². The molecule has 1 amide bonds. The molecule has 3 aromatic carbocycles. The summed E-state index contributed by atoms with van der Waals surface area (Å²) < 4.78 is 10.4. The Morgan fingerprint density at radius 1 is 0.966 bits per heavy atom. The molecule has 0 saturated heterocycles. The van der Waals surface area contributed by atoms with Crippen LogP contribution in [0, 0.1) is 0 Å². The Kier molecular flexibility index (Phi) is 5.01. The zero-order valence-electron chi connectivity index (χ0n) is 15.0. The van der Waals surface area contributed by atoms with Crippen LogP contribution in [0.2, 0.25) is 5.02 Å². The van der Waals surface area contributed by atoms with Gasteiger partial charge >= 0.3 is 5.97 Å². The lowest BCUT2D eigenvalue weighted by Crippen LogP contribution is -2.21. The van der Waals surface area contributed by atoms with Gasteiger partial charge in [0, 0.05) is 16.8 Å². The summed E-state index contributed by atoms with van der Waals surface area (Å²) in [5, 5.41) is 5.32. The second-order valence-electron chi connectivity index (χ2n) is 6.30. The molecule has 1 N–H and O–H groups in total. The summed E-state index contributed by atoms with van der Waals surface area (Å²) in [5.41, 5.74) is 0.356. The van der Waals surface area contributed by atoms with Crippen molar-refractivity contribution in [2.75, 3.05) is 11.9 Å². The molecular weight excluding hydrogens is 394 g/mol. The maximum Gasteiger partial charge on any atom is 0.374 e. The molecule has 144 valence electrons. The van der Waals surface area contributed by atoms with Crippen molar-refractivity contribution in [3.63, 3.8) is 0 Å². The molecule has 0 unspecified atom stereocenters. The number of carbonyl (C=O) groups excluding carboxylic acids is 2. The molecule has 0 spiro atoms. The van der Waals surface area contributed by atoms with Crippen LogP contribution in [0.15, 0.2) is 75.9 Å². The zero-order valence-corrected chi connectivity index (χ0v) is 15.7. The van der Waals surface area contributed by atoms with Crippen molar-refractivity contribution in [2.45, 2.75) is 0 Å². The Morgan fingerprint density at radius 3 is 2.59 bits per heavy atom. The quantitative estimate of drug-likeness (QED) is 0.507. The van der Waals surface area contributed by atoms with E-state index in [1.165, 1.54) is 12.1 Å². The van der Waals surface area contributed by atoms with Gasteiger partial charge in [-0.2, -0.15) is 0 Å². The zero-order chi connectivity index (χ0) is 20.4. The number of hydrogen-bond acceptors (Lipinski definition) is 5. The van der Waals surface area contributed by atoms with E-state index in [1.54, 1.807) is 12.1 Å². The summed E-state index contributed by atoms with van der Waals surface area (Å²) in [5.74, 6) is -1.71. The van der Waals surface area contributed by atoms with Crippen molar-refractivity contribution in [1.82, 2.24) is 0 Å². The number of ether oxygens (including phenoxy) is 1. The van der Waals surface area contributed by atoms with Gasteiger partial charge < -0.3 is 14.5 Å². The van der Waals surface area contributed by atoms with Crippen LogP contribution in [0.3, 0.4) is 0 Å². The van der Waals surface area contributed by atoms with Gasteiger partial charge in [-0.05, 0) is 41.1 Å². The molecule has 4 aromatic rings. The lowest BCUT2D eigenvalue weighted by Gasteiger charge is -2.08. The van der Waals surface area contributed by atoms with E-state index in [4.69, 9.17) is 20.8 Å². The van der Waals surface area contributed by atoms with E-state index in [9.17, 15) is 14.4 Å². The topological polar surface area (TPSA) is 85.6 Å². The van der Waals surface area contributed by atoms with Gasteiger partial charge in [-0.25, -0.2) is 4.79 Å². The second kappa shape index (κ2) is 7.77. The summed E-state index contributed by atoms with van der Waals surface area (Å²) in [6.07, 6.45) is 0. The average Bonchev–Trinajstić information content (AvgIpc) is 2.72. The monoisotopic (exact) mass is 407 g/mol. The number of amides is 1. The number of carbonyl (C=O) groups is 2. The number of hydrogen-bond donors (Lipinski definition) is 1. The van der Waals surface area contributed by atoms with E-state index in [1.807, 2.05) is 36.4 Å². The highest BCUT2D eigenvalue weighted by Gasteiger charge is 2.16. The van der Waals surface area contributed by atoms with E-state index in [0.717, 1.165) is 16.8 Å². The van der Waals surface area contributed by atoms with Gasteiger partial charge in [0.25, 0.3) is 5.91 Å². The minimum absolute atomic E-state index is 0.203. The second-order valence-corrected chi connectivity index (χ2v) is 6.74. The Balaban J connectivity index is 1.43. The molecule has 7 heteroatoms. The SMILES string of the molecule is O=C(COC(=O)c1cc(=O)c2cc(Cl)ccc2o1)Nc1ccc2ccccc2c1. The van der Waals surface area contributed by atoms with Crippen molar-refractivity contribution in [3.05, 3.63) is 87.7 Å². The van der Waals surface area contributed by atoms with Crippen LogP contribution in [0.1, 0.15) is 10.6 Å². The number of benzene rings is 3. The highest BCUT2D eigenvalue weighted by atomic mass is 35.5. The standard InChI is InChI=1S/C22H14ClNO5/c23-15-6-8-19-17(10-15)18(25)11-20(29-19)22(27)28-12-21(26)24-16-7-5-13-3-1-2-4-14(13)9-16/h1-11H,12H2,(H,24,26). The van der Waals surface area contributed by atoms with Crippen molar-refractivity contribution < 1.29 is 18.7 Å². The molecule has 0 bridgehead atoms. The van der Waals surface area contributed by atoms with Crippen LogP contribution >= 0.6 is 11.6 Å². The highest BCUT2D eigenvalue weighted by Crippen LogP contribution is 2.19. The number of anilines is 1. The van der Waals surface area contributed by atoms with Crippen LogP contribution in [-0.4, -0.2) is 18.5 Å².